The van der Waals surface area contributed by atoms with Gasteiger partial charge >= 0.3 is 0 Å². The Morgan fingerprint density at radius 1 is 1.12 bits per heavy atom. The molecule has 0 aliphatic carbocycles. The number of aliphatic hydroxyl groups is 1. The first-order chi connectivity index (χ1) is 16.1. The van der Waals surface area contributed by atoms with Crippen LogP contribution in [0.3, 0.4) is 0 Å². The van der Waals surface area contributed by atoms with E-state index in [1.54, 1.807) is 7.11 Å². The summed E-state index contributed by atoms with van der Waals surface area (Å²) in [4.78, 5) is 32.3. The van der Waals surface area contributed by atoms with Crippen molar-refractivity contribution >= 4 is 23.1 Å². The first-order valence-electron chi connectivity index (χ1n) is 11.4. The minimum atomic E-state index is -0.727. The number of benzene rings is 1. The van der Waals surface area contributed by atoms with Gasteiger partial charge in [0.15, 0.2) is 5.76 Å². The molecule has 1 aromatic carbocycles. The standard InChI is InChI=1S/C27H31N3O4/c1-16-8-7-13-29-17(2)21(28-25(16)29)23(31)20-22(30(14-15-34-6)26(33)24(20)32)18-9-11-19(12-10-18)27(3,4)5/h7-13,22,31H,14-15H2,1-6H3/b23-20+. The zero-order chi connectivity index (χ0) is 24.8. The van der Waals surface area contributed by atoms with Crippen molar-refractivity contribution in [1.82, 2.24) is 14.3 Å². The average Bonchev–Trinajstić information content (AvgIpc) is 3.27. The van der Waals surface area contributed by atoms with Gasteiger partial charge in [-0.1, -0.05) is 51.1 Å². The van der Waals surface area contributed by atoms with Crippen LogP contribution in [0.5, 0.6) is 0 Å². The molecule has 0 radical (unpaired) electrons. The van der Waals surface area contributed by atoms with Gasteiger partial charge in [-0.3, -0.25) is 9.59 Å². The topological polar surface area (TPSA) is 84.1 Å². The summed E-state index contributed by atoms with van der Waals surface area (Å²) in [6, 6.07) is 11.0. The van der Waals surface area contributed by atoms with E-state index in [9.17, 15) is 14.7 Å². The van der Waals surface area contributed by atoms with Gasteiger partial charge in [0.2, 0.25) is 0 Å². The number of ketones is 1. The van der Waals surface area contributed by atoms with Crippen molar-refractivity contribution in [2.75, 3.05) is 20.3 Å². The third-order valence-corrected chi connectivity index (χ3v) is 6.48. The van der Waals surface area contributed by atoms with E-state index in [-0.39, 0.29) is 29.9 Å². The molecule has 0 bridgehead atoms. The number of Topliss-reactive ketones (excluding diaryl/α,β-unsaturated/α-hetero) is 1. The van der Waals surface area contributed by atoms with E-state index in [4.69, 9.17) is 4.74 Å². The molecule has 1 N–H and O–H groups in total. The van der Waals surface area contributed by atoms with Gasteiger partial charge in [-0.25, -0.2) is 4.98 Å². The second-order valence-corrected chi connectivity index (χ2v) is 9.79. The highest BCUT2D eigenvalue weighted by atomic mass is 16.5. The summed E-state index contributed by atoms with van der Waals surface area (Å²) in [6.45, 7) is 10.7. The summed E-state index contributed by atoms with van der Waals surface area (Å²) in [6.07, 6.45) is 1.86. The highest BCUT2D eigenvalue weighted by molar-refractivity contribution is 6.46. The van der Waals surface area contributed by atoms with Crippen molar-refractivity contribution in [2.24, 2.45) is 0 Å². The van der Waals surface area contributed by atoms with Crippen LogP contribution in [0, 0.1) is 13.8 Å². The second kappa shape index (κ2) is 8.72. The predicted molar refractivity (Wildman–Crippen MR) is 131 cm³/mol. The molecule has 178 valence electrons. The van der Waals surface area contributed by atoms with Crippen LogP contribution in [0.1, 0.15) is 54.9 Å². The van der Waals surface area contributed by atoms with Crippen LogP contribution in [0.25, 0.3) is 11.4 Å². The van der Waals surface area contributed by atoms with Gasteiger partial charge in [0.05, 0.1) is 23.9 Å². The minimum Gasteiger partial charge on any atom is -0.505 e. The summed E-state index contributed by atoms with van der Waals surface area (Å²) in [5.41, 5.74) is 4.53. The third kappa shape index (κ3) is 3.90. The summed E-state index contributed by atoms with van der Waals surface area (Å²) in [5, 5.41) is 11.4. The maximum atomic E-state index is 13.2. The molecule has 1 amide bonds. The number of imidazole rings is 1. The number of amides is 1. The molecule has 1 aliphatic heterocycles. The monoisotopic (exact) mass is 461 g/mol. The Hall–Kier alpha value is -3.45. The molecular formula is C27H31N3O4. The molecule has 1 unspecified atom stereocenters. The van der Waals surface area contributed by atoms with Crippen molar-refractivity contribution in [3.8, 4) is 0 Å². The fourth-order valence-corrected chi connectivity index (χ4v) is 4.49. The lowest BCUT2D eigenvalue weighted by molar-refractivity contribution is -0.140. The van der Waals surface area contributed by atoms with Crippen LogP contribution >= 0.6 is 0 Å². The maximum Gasteiger partial charge on any atom is 0.295 e. The number of rotatable bonds is 5. The normalized spacial score (nSPS) is 18.3. The molecule has 3 heterocycles. The second-order valence-electron chi connectivity index (χ2n) is 9.79. The predicted octanol–water partition coefficient (Wildman–Crippen LogP) is 4.32. The lowest BCUT2D eigenvalue weighted by Crippen LogP contribution is -2.32. The van der Waals surface area contributed by atoms with Gasteiger partial charge in [0, 0.05) is 19.9 Å². The molecule has 0 saturated carbocycles. The van der Waals surface area contributed by atoms with Crippen molar-refractivity contribution < 1.29 is 19.4 Å². The van der Waals surface area contributed by atoms with E-state index in [0.29, 0.717) is 17.0 Å². The minimum absolute atomic E-state index is 0.0398. The van der Waals surface area contributed by atoms with Crippen LogP contribution in [0.4, 0.5) is 0 Å². The Kier molecular flexibility index (Phi) is 6.08. The van der Waals surface area contributed by atoms with E-state index in [0.717, 1.165) is 16.7 Å². The van der Waals surface area contributed by atoms with Crippen LogP contribution in [0.2, 0.25) is 0 Å². The molecule has 4 rings (SSSR count). The number of pyridine rings is 1. The molecule has 7 heteroatoms. The molecule has 1 aliphatic rings. The molecule has 3 aromatic rings. The number of hydrogen-bond acceptors (Lipinski definition) is 5. The Morgan fingerprint density at radius 3 is 2.38 bits per heavy atom. The van der Waals surface area contributed by atoms with Crippen LogP contribution in [-0.2, 0) is 19.7 Å². The number of aryl methyl sites for hydroxylation is 2. The fourth-order valence-electron chi connectivity index (χ4n) is 4.49. The average molecular weight is 462 g/mol. The number of nitrogens with zero attached hydrogens (tertiary/aromatic N) is 3. The highest BCUT2D eigenvalue weighted by Crippen LogP contribution is 2.40. The number of carbonyl (C=O) groups excluding carboxylic acids is 2. The van der Waals surface area contributed by atoms with E-state index in [1.165, 1.54) is 4.90 Å². The van der Waals surface area contributed by atoms with Gasteiger partial charge in [0.25, 0.3) is 11.7 Å². The largest absolute Gasteiger partial charge is 0.505 e. The summed E-state index contributed by atoms with van der Waals surface area (Å²) < 4.78 is 7.06. The van der Waals surface area contributed by atoms with E-state index in [1.807, 2.05) is 60.8 Å². The highest BCUT2D eigenvalue weighted by Gasteiger charge is 2.46. The van der Waals surface area contributed by atoms with Gasteiger partial charge < -0.3 is 19.1 Å². The Labute approximate surface area is 199 Å². The van der Waals surface area contributed by atoms with E-state index in [2.05, 4.69) is 25.8 Å². The van der Waals surface area contributed by atoms with Gasteiger partial charge in [0.1, 0.15) is 11.3 Å². The summed E-state index contributed by atoms with van der Waals surface area (Å²) in [5.74, 6) is -1.63. The van der Waals surface area contributed by atoms with Crippen LogP contribution in [0.15, 0.2) is 48.2 Å². The van der Waals surface area contributed by atoms with Gasteiger partial charge in [-0.05, 0) is 42.0 Å². The first kappa shape index (κ1) is 23.7. The van der Waals surface area contributed by atoms with Crippen LogP contribution < -0.4 is 0 Å². The van der Waals surface area contributed by atoms with Crippen LogP contribution in [-0.4, -0.2) is 51.3 Å². The van der Waals surface area contributed by atoms with Crippen molar-refractivity contribution in [1.29, 1.82) is 0 Å². The number of hydrogen-bond donors (Lipinski definition) is 1. The quantitative estimate of drug-likeness (QED) is 0.348. The molecule has 34 heavy (non-hydrogen) atoms. The SMILES string of the molecule is COCCN1C(=O)C(=O)/C(=C(/O)c2nc3c(C)cccn3c2C)C1c1ccc(C(C)(C)C)cc1. The summed E-state index contributed by atoms with van der Waals surface area (Å²) >= 11 is 0. The Bertz CT molecular complexity index is 1300. The molecule has 1 saturated heterocycles. The van der Waals surface area contributed by atoms with E-state index < -0.39 is 17.7 Å². The molecule has 2 aromatic heterocycles. The third-order valence-electron chi connectivity index (χ3n) is 6.48. The smallest absolute Gasteiger partial charge is 0.295 e. The molecule has 1 fully saturated rings. The number of carbonyl (C=O) groups is 2. The Morgan fingerprint density at radius 2 is 1.79 bits per heavy atom. The molecule has 0 spiro atoms. The van der Waals surface area contributed by atoms with Gasteiger partial charge in [-0.2, -0.15) is 0 Å². The van der Waals surface area contributed by atoms with Crippen molar-refractivity contribution in [2.45, 2.75) is 46.1 Å². The number of ether oxygens (including phenoxy) is 1. The zero-order valence-electron chi connectivity index (χ0n) is 20.5. The fraction of sp³-hybridized carbons (Fsp3) is 0.370. The molecule has 7 nitrogen and oxygen atoms in total. The van der Waals surface area contributed by atoms with Crippen molar-refractivity contribution in [3.05, 3.63) is 76.2 Å². The molecule has 1 atom stereocenters. The number of fused-ring (bicyclic) bond motifs is 1. The van der Waals surface area contributed by atoms with Crippen molar-refractivity contribution in [3.63, 3.8) is 0 Å². The number of aliphatic hydroxyl groups excluding tert-OH is 1. The number of likely N-dealkylation sites (tertiary alicyclic amines) is 1. The Balaban J connectivity index is 1.90. The zero-order valence-corrected chi connectivity index (χ0v) is 20.5. The maximum absolute atomic E-state index is 13.2. The lowest BCUT2D eigenvalue weighted by atomic mass is 9.85. The van der Waals surface area contributed by atoms with Gasteiger partial charge in [-0.15, -0.1) is 0 Å². The first-order valence-corrected chi connectivity index (χ1v) is 11.4. The number of aromatic nitrogens is 2. The van der Waals surface area contributed by atoms with E-state index >= 15 is 0 Å². The molecular weight excluding hydrogens is 430 g/mol. The number of methoxy groups -OCH3 is 1. The summed E-state index contributed by atoms with van der Waals surface area (Å²) in [7, 11) is 1.55. The lowest BCUT2D eigenvalue weighted by Gasteiger charge is -2.26.